The van der Waals surface area contributed by atoms with Gasteiger partial charge in [0, 0.05) is 0 Å². The Bertz CT molecular complexity index is 451. The highest BCUT2D eigenvalue weighted by molar-refractivity contribution is 7.84. The molecule has 2 aliphatic heterocycles. The van der Waals surface area contributed by atoms with Crippen LogP contribution in [0.4, 0.5) is 0 Å². The molecular formula is C9H17NO8S. The second kappa shape index (κ2) is 4.60. The van der Waals surface area contributed by atoms with Crippen LogP contribution < -0.4 is 5.14 Å². The third-order valence-corrected chi connectivity index (χ3v) is 3.39. The molecule has 0 amide bonds. The van der Waals surface area contributed by atoms with Crippen molar-refractivity contribution in [2.24, 2.45) is 5.14 Å². The number of nitrogens with two attached hydrogens (primary N) is 1. The van der Waals surface area contributed by atoms with Gasteiger partial charge in [0.25, 0.3) is 0 Å². The van der Waals surface area contributed by atoms with Gasteiger partial charge in [0.05, 0.1) is 6.61 Å². The summed E-state index contributed by atoms with van der Waals surface area (Å²) in [4.78, 5) is 0. The fourth-order valence-electron chi connectivity index (χ4n) is 2.28. The molecule has 2 fully saturated rings. The van der Waals surface area contributed by atoms with E-state index >= 15 is 0 Å². The lowest BCUT2D eigenvalue weighted by molar-refractivity contribution is -0.301. The summed E-state index contributed by atoms with van der Waals surface area (Å²) in [5.74, 6) is -2.71. The number of aliphatic hydroxyl groups excluding tert-OH is 2. The average molecular weight is 299 g/mol. The van der Waals surface area contributed by atoms with Crippen LogP contribution in [-0.2, 0) is 28.7 Å². The van der Waals surface area contributed by atoms with Gasteiger partial charge in [-0.25, -0.2) is 9.32 Å². The molecule has 0 spiro atoms. The van der Waals surface area contributed by atoms with E-state index in [2.05, 4.69) is 4.18 Å². The molecule has 2 rings (SSSR count). The molecule has 0 aliphatic carbocycles. The smallest absolute Gasteiger partial charge is 0.333 e. The third kappa shape index (κ3) is 2.90. The van der Waals surface area contributed by atoms with E-state index < -0.39 is 46.8 Å². The summed E-state index contributed by atoms with van der Waals surface area (Å²) in [6.45, 7) is 2.26. The summed E-state index contributed by atoms with van der Waals surface area (Å²) in [6.07, 6.45) is -3.73. The lowest BCUT2D eigenvalue weighted by atomic mass is 9.98. The first-order valence-electron chi connectivity index (χ1n) is 5.60. The fraction of sp³-hybridized carbons (Fsp3) is 1.00. The molecule has 0 saturated carbocycles. The highest BCUT2D eigenvalue weighted by Gasteiger charge is 2.62. The van der Waals surface area contributed by atoms with Crippen LogP contribution in [0.15, 0.2) is 0 Å². The normalized spacial score (nSPS) is 42.1. The molecule has 2 aliphatic rings. The number of fused-ring (bicyclic) bond motifs is 1. The molecule has 4 N–H and O–H groups in total. The maximum absolute atomic E-state index is 11.0. The van der Waals surface area contributed by atoms with Crippen molar-refractivity contribution >= 4 is 10.3 Å². The number of hydrogen-bond acceptors (Lipinski definition) is 8. The van der Waals surface area contributed by atoms with Crippen molar-refractivity contribution < 1.29 is 37.0 Å². The molecule has 9 nitrogen and oxygen atoms in total. The largest absolute Gasteiger partial charge is 0.391 e. The molecule has 10 heteroatoms. The Balaban J connectivity index is 2.32. The maximum atomic E-state index is 11.0. The van der Waals surface area contributed by atoms with E-state index in [1.54, 1.807) is 13.8 Å². The van der Waals surface area contributed by atoms with Gasteiger partial charge in [-0.15, -0.1) is 0 Å². The topological polar surface area (TPSA) is 138 Å². The van der Waals surface area contributed by atoms with Gasteiger partial charge in [0.1, 0.15) is 24.9 Å². The van der Waals surface area contributed by atoms with Crippen molar-refractivity contribution in [3.8, 4) is 0 Å². The number of rotatable bonds is 3. The summed E-state index contributed by atoms with van der Waals surface area (Å²) in [5.41, 5.74) is 0. The Morgan fingerprint density at radius 3 is 2.63 bits per heavy atom. The first kappa shape index (κ1) is 15.1. The van der Waals surface area contributed by atoms with Crippen LogP contribution in [0.2, 0.25) is 0 Å². The molecule has 0 bridgehead atoms. The molecule has 0 radical (unpaired) electrons. The molecule has 0 aromatic rings. The van der Waals surface area contributed by atoms with E-state index in [9.17, 15) is 18.6 Å². The van der Waals surface area contributed by atoms with Gasteiger partial charge in [-0.2, -0.15) is 8.42 Å². The van der Waals surface area contributed by atoms with E-state index in [0.717, 1.165) is 0 Å². The van der Waals surface area contributed by atoms with Crippen LogP contribution in [0.3, 0.4) is 0 Å². The van der Waals surface area contributed by atoms with Crippen LogP contribution >= 0.6 is 0 Å². The average Bonchev–Trinajstić information content (AvgIpc) is 2.53. The maximum Gasteiger partial charge on any atom is 0.333 e. The van der Waals surface area contributed by atoms with Gasteiger partial charge in [0.15, 0.2) is 5.79 Å². The van der Waals surface area contributed by atoms with Crippen LogP contribution in [-0.4, -0.2) is 61.7 Å². The SMILES string of the molecule is CC1(C)O[C@H]2[C@H](OS(N)(=O)=O)[C@H](O)CO[C@@]2(CO)O1. The molecule has 4 atom stereocenters. The van der Waals surface area contributed by atoms with E-state index in [4.69, 9.17) is 19.3 Å². The van der Waals surface area contributed by atoms with E-state index in [0.29, 0.717) is 0 Å². The Morgan fingerprint density at radius 1 is 1.47 bits per heavy atom. The minimum Gasteiger partial charge on any atom is -0.391 e. The van der Waals surface area contributed by atoms with E-state index in [-0.39, 0.29) is 6.61 Å². The van der Waals surface area contributed by atoms with Gasteiger partial charge in [-0.3, -0.25) is 0 Å². The second-order valence-corrected chi connectivity index (χ2v) is 6.12. The second-order valence-electron chi connectivity index (χ2n) is 4.94. The molecule has 2 saturated heterocycles. The molecule has 0 aromatic heterocycles. The monoisotopic (exact) mass is 299 g/mol. The first-order valence-corrected chi connectivity index (χ1v) is 7.08. The zero-order valence-electron chi connectivity index (χ0n) is 10.5. The number of aliphatic hydroxyl groups is 2. The molecule has 0 aromatic carbocycles. The number of ether oxygens (including phenoxy) is 3. The van der Waals surface area contributed by atoms with Crippen molar-refractivity contribution in [2.45, 2.75) is 43.7 Å². The highest BCUT2D eigenvalue weighted by Crippen LogP contribution is 2.43. The van der Waals surface area contributed by atoms with Crippen molar-refractivity contribution in [2.75, 3.05) is 13.2 Å². The molecule has 112 valence electrons. The van der Waals surface area contributed by atoms with Crippen molar-refractivity contribution in [3.63, 3.8) is 0 Å². The van der Waals surface area contributed by atoms with E-state index in [1.165, 1.54) is 0 Å². The van der Waals surface area contributed by atoms with Gasteiger partial charge < -0.3 is 24.4 Å². The summed E-state index contributed by atoms with van der Waals surface area (Å²) in [5, 5.41) is 24.0. The van der Waals surface area contributed by atoms with Gasteiger partial charge in [-0.05, 0) is 13.8 Å². The van der Waals surface area contributed by atoms with E-state index in [1.807, 2.05) is 0 Å². The third-order valence-electron chi connectivity index (χ3n) is 2.90. The predicted molar refractivity (Wildman–Crippen MR) is 59.8 cm³/mol. The van der Waals surface area contributed by atoms with Crippen LogP contribution in [0, 0.1) is 0 Å². The predicted octanol–water partition coefficient (Wildman–Crippen LogP) is -2.19. The quantitative estimate of drug-likeness (QED) is 0.534. The molecule has 2 heterocycles. The standard InChI is InChI=1S/C9H17NO8S/c1-8(2)16-7-6(17-19(10,13)14)5(12)3-15-9(7,4-11)18-8/h5-7,11-12H,3-4H2,1-2H3,(H2,10,13,14)/t5-,6-,7+,9+/m1/s1. The van der Waals surface area contributed by atoms with Crippen LogP contribution in [0.5, 0.6) is 0 Å². The minimum atomic E-state index is -4.30. The zero-order valence-corrected chi connectivity index (χ0v) is 11.3. The summed E-state index contributed by atoms with van der Waals surface area (Å²) < 4.78 is 42.9. The lowest BCUT2D eigenvalue weighted by Gasteiger charge is -2.41. The molecule has 0 unspecified atom stereocenters. The summed E-state index contributed by atoms with van der Waals surface area (Å²) in [6, 6.07) is 0. The van der Waals surface area contributed by atoms with Crippen LogP contribution in [0.1, 0.15) is 13.8 Å². The summed E-state index contributed by atoms with van der Waals surface area (Å²) in [7, 11) is -4.30. The molecule has 19 heavy (non-hydrogen) atoms. The Hall–Kier alpha value is -0.330. The fourth-order valence-corrected chi connectivity index (χ4v) is 2.82. The highest BCUT2D eigenvalue weighted by atomic mass is 32.2. The number of hydrogen-bond donors (Lipinski definition) is 3. The van der Waals surface area contributed by atoms with Gasteiger partial charge >= 0.3 is 10.3 Å². The van der Waals surface area contributed by atoms with Gasteiger partial charge in [-0.1, -0.05) is 0 Å². The first-order chi connectivity index (χ1) is 8.59. The van der Waals surface area contributed by atoms with Crippen molar-refractivity contribution in [1.29, 1.82) is 0 Å². The van der Waals surface area contributed by atoms with Crippen LogP contribution in [0.25, 0.3) is 0 Å². The van der Waals surface area contributed by atoms with Crippen molar-refractivity contribution in [3.05, 3.63) is 0 Å². The Labute approximate surface area is 110 Å². The lowest BCUT2D eigenvalue weighted by Crippen LogP contribution is -2.62. The molecular weight excluding hydrogens is 282 g/mol. The van der Waals surface area contributed by atoms with Crippen molar-refractivity contribution in [1.82, 2.24) is 0 Å². The Kier molecular flexibility index (Phi) is 3.65. The van der Waals surface area contributed by atoms with Gasteiger partial charge in [0.2, 0.25) is 5.79 Å². The summed E-state index contributed by atoms with van der Waals surface area (Å²) >= 11 is 0. The zero-order chi connectivity index (χ0) is 14.5. The minimum absolute atomic E-state index is 0.281. The Morgan fingerprint density at radius 2 is 2.11 bits per heavy atom.